The Balaban J connectivity index is 2.24. The number of hydrogen-bond acceptors (Lipinski definition) is 3. The van der Waals surface area contributed by atoms with E-state index in [0.29, 0.717) is 0 Å². The number of carboxylic acid groups (broad SMARTS) is 1. The van der Waals surface area contributed by atoms with Crippen molar-refractivity contribution < 1.29 is 27.9 Å². The van der Waals surface area contributed by atoms with Gasteiger partial charge in [-0.15, -0.1) is 0 Å². The van der Waals surface area contributed by atoms with Gasteiger partial charge in [0.25, 0.3) is 0 Å². The van der Waals surface area contributed by atoms with Crippen molar-refractivity contribution in [1.82, 2.24) is 5.32 Å². The predicted octanol–water partition coefficient (Wildman–Crippen LogP) is 1.22. The highest BCUT2D eigenvalue weighted by molar-refractivity contribution is 8.00. The Morgan fingerprint density at radius 1 is 1.38 bits per heavy atom. The first kappa shape index (κ1) is 13.1. The van der Waals surface area contributed by atoms with E-state index in [4.69, 9.17) is 5.11 Å². The number of carbonyl (C=O) groups excluding carboxylic acids is 1. The number of amides is 1. The topological polar surface area (TPSA) is 66.4 Å². The second kappa shape index (κ2) is 4.52. The van der Waals surface area contributed by atoms with Gasteiger partial charge in [-0.25, -0.2) is 0 Å². The highest BCUT2D eigenvalue weighted by atomic mass is 32.2. The van der Waals surface area contributed by atoms with Crippen LogP contribution in [-0.4, -0.2) is 34.8 Å². The Bertz CT molecular complexity index is 301. The van der Waals surface area contributed by atoms with E-state index in [1.54, 1.807) is 0 Å². The molecule has 8 heteroatoms. The normalized spacial score (nSPS) is 17.9. The maximum Gasteiger partial charge on any atom is 0.441 e. The summed E-state index contributed by atoms with van der Waals surface area (Å²) in [7, 11) is 0. The molecular formula is C8H10F3NO3S. The fourth-order valence-corrected chi connectivity index (χ4v) is 1.60. The predicted molar refractivity (Wildman–Crippen MR) is 50.8 cm³/mol. The zero-order valence-corrected chi connectivity index (χ0v) is 8.95. The summed E-state index contributed by atoms with van der Waals surface area (Å²) in [5.41, 5.74) is -5.71. The summed E-state index contributed by atoms with van der Waals surface area (Å²) in [5.74, 6) is -2.22. The van der Waals surface area contributed by atoms with Crippen LogP contribution in [0.15, 0.2) is 0 Å². The number of rotatable bonds is 5. The molecular weight excluding hydrogens is 247 g/mol. The van der Waals surface area contributed by atoms with Crippen LogP contribution < -0.4 is 5.32 Å². The van der Waals surface area contributed by atoms with Gasteiger partial charge in [0.15, 0.2) is 0 Å². The molecule has 1 rings (SSSR count). The molecule has 0 unspecified atom stereocenters. The molecule has 1 aliphatic rings. The average molecular weight is 257 g/mol. The molecule has 0 aromatic carbocycles. The number of carbonyl (C=O) groups is 2. The Hall–Kier alpha value is -0.920. The summed E-state index contributed by atoms with van der Waals surface area (Å²) in [6, 6.07) is 0. The Morgan fingerprint density at radius 3 is 2.31 bits per heavy atom. The van der Waals surface area contributed by atoms with E-state index in [0.717, 1.165) is 0 Å². The second-order valence-electron chi connectivity index (χ2n) is 3.44. The number of halogens is 3. The smallest absolute Gasteiger partial charge is 0.441 e. The fourth-order valence-electron chi connectivity index (χ4n) is 1.16. The van der Waals surface area contributed by atoms with Crippen LogP contribution in [0.3, 0.4) is 0 Å². The molecule has 1 aliphatic carbocycles. The molecule has 2 N–H and O–H groups in total. The first-order valence-electron chi connectivity index (χ1n) is 4.50. The molecule has 1 fully saturated rings. The van der Waals surface area contributed by atoms with E-state index >= 15 is 0 Å². The summed E-state index contributed by atoms with van der Waals surface area (Å²) in [6.07, 6.45) is 0.501. The number of thioether (sulfide) groups is 1. The molecule has 0 radical (unpaired) electrons. The monoisotopic (exact) mass is 257 g/mol. The molecule has 1 amide bonds. The van der Waals surface area contributed by atoms with Gasteiger partial charge < -0.3 is 10.4 Å². The van der Waals surface area contributed by atoms with Gasteiger partial charge in [-0.05, 0) is 24.6 Å². The number of hydrogen-bond donors (Lipinski definition) is 2. The Morgan fingerprint density at radius 2 is 1.94 bits per heavy atom. The first-order valence-corrected chi connectivity index (χ1v) is 5.49. The number of nitrogens with one attached hydrogen (secondary N) is 1. The SMILES string of the molecule is O=C(O)C1(C(=O)NCCSC(F)(F)F)CC1. The maximum atomic E-state index is 11.7. The first-order chi connectivity index (χ1) is 7.28. The zero-order chi connectivity index (χ0) is 12.4. The summed E-state index contributed by atoms with van der Waals surface area (Å²) in [4.78, 5) is 22.0. The van der Waals surface area contributed by atoms with Gasteiger partial charge >= 0.3 is 11.5 Å². The fraction of sp³-hybridized carbons (Fsp3) is 0.750. The third-order valence-electron chi connectivity index (χ3n) is 2.25. The van der Waals surface area contributed by atoms with E-state index in [-0.39, 0.29) is 36.9 Å². The van der Waals surface area contributed by atoms with Gasteiger partial charge in [0.2, 0.25) is 5.91 Å². The van der Waals surface area contributed by atoms with Crippen LogP contribution in [-0.2, 0) is 9.59 Å². The number of alkyl halides is 3. The zero-order valence-electron chi connectivity index (χ0n) is 8.13. The van der Waals surface area contributed by atoms with Crippen LogP contribution in [0.25, 0.3) is 0 Å². The van der Waals surface area contributed by atoms with Crippen molar-refractivity contribution in [2.24, 2.45) is 5.41 Å². The molecule has 0 spiro atoms. The summed E-state index contributed by atoms with van der Waals surface area (Å²) >= 11 is -0.247. The quantitative estimate of drug-likeness (QED) is 0.574. The van der Waals surface area contributed by atoms with Crippen LogP contribution in [0.2, 0.25) is 0 Å². The highest BCUT2D eigenvalue weighted by Gasteiger charge is 2.56. The van der Waals surface area contributed by atoms with Gasteiger partial charge in [-0.3, -0.25) is 9.59 Å². The van der Waals surface area contributed by atoms with Crippen molar-refractivity contribution in [2.45, 2.75) is 18.3 Å². The Labute approximate surface area is 93.6 Å². The van der Waals surface area contributed by atoms with Crippen LogP contribution in [0, 0.1) is 5.41 Å². The standard InChI is InChI=1S/C8H10F3NO3S/c9-8(10,11)16-4-3-12-5(13)7(1-2-7)6(14)15/h1-4H2,(H,12,13)(H,14,15). The molecule has 4 nitrogen and oxygen atoms in total. The molecule has 0 aliphatic heterocycles. The van der Waals surface area contributed by atoms with E-state index < -0.39 is 22.8 Å². The highest BCUT2D eigenvalue weighted by Crippen LogP contribution is 2.46. The largest absolute Gasteiger partial charge is 0.480 e. The lowest BCUT2D eigenvalue weighted by molar-refractivity contribution is -0.149. The lowest BCUT2D eigenvalue weighted by Crippen LogP contribution is -2.38. The van der Waals surface area contributed by atoms with E-state index in [1.165, 1.54) is 0 Å². The van der Waals surface area contributed by atoms with Crippen LogP contribution in [0.1, 0.15) is 12.8 Å². The summed E-state index contributed by atoms with van der Waals surface area (Å²) in [5, 5.41) is 10.9. The van der Waals surface area contributed by atoms with Crippen molar-refractivity contribution in [3.05, 3.63) is 0 Å². The number of carboxylic acids is 1. The minimum atomic E-state index is -4.32. The minimum Gasteiger partial charge on any atom is -0.480 e. The summed E-state index contributed by atoms with van der Waals surface area (Å²) in [6.45, 7) is -0.183. The molecule has 1 saturated carbocycles. The number of aliphatic carboxylic acids is 1. The third-order valence-corrected chi connectivity index (χ3v) is 2.98. The molecule has 0 atom stereocenters. The van der Waals surface area contributed by atoms with Crippen molar-refractivity contribution in [3.63, 3.8) is 0 Å². The van der Waals surface area contributed by atoms with E-state index in [1.807, 2.05) is 0 Å². The second-order valence-corrected chi connectivity index (χ2v) is 4.60. The van der Waals surface area contributed by atoms with Crippen LogP contribution >= 0.6 is 11.8 Å². The van der Waals surface area contributed by atoms with Crippen molar-refractivity contribution >= 4 is 23.6 Å². The van der Waals surface area contributed by atoms with Gasteiger partial charge in [0.05, 0.1) is 0 Å². The van der Waals surface area contributed by atoms with Gasteiger partial charge in [0, 0.05) is 12.3 Å². The Kier molecular flexibility index (Phi) is 3.72. The minimum absolute atomic E-state index is 0.183. The molecule has 0 bridgehead atoms. The van der Waals surface area contributed by atoms with Gasteiger partial charge in [-0.1, -0.05) is 0 Å². The molecule has 0 heterocycles. The van der Waals surface area contributed by atoms with Gasteiger partial charge in [0.1, 0.15) is 5.41 Å². The van der Waals surface area contributed by atoms with Crippen LogP contribution in [0.4, 0.5) is 13.2 Å². The van der Waals surface area contributed by atoms with Crippen molar-refractivity contribution in [1.29, 1.82) is 0 Å². The van der Waals surface area contributed by atoms with Crippen molar-refractivity contribution in [2.75, 3.05) is 12.3 Å². The molecule has 0 aromatic heterocycles. The lowest BCUT2D eigenvalue weighted by atomic mass is 10.1. The molecule has 92 valence electrons. The summed E-state index contributed by atoms with van der Waals surface area (Å²) < 4.78 is 35.1. The molecule has 0 aromatic rings. The maximum absolute atomic E-state index is 11.7. The van der Waals surface area contributed by atoms with Crippen molar-refractivity contribution in [3.8, 4) is 0 Å². The van der Waals surface area contributed by atoms with E-state index in [9.17, 15) is 22.8 Å². The molecule has 0 saturated heterocycles. The molecule has 16 heavy (non-hydrogen) atoms. The van der Waals surface area contributed by atoms with Crippen LogP contribution in [0.5, 0.6) is 0 Å². The average Bonchev–Trinajstić information content (AvgIpc) is 2.90. The van der Waals surface area contributed by atoms with E-state index in [2.05, 4.69) is 5.32 Å². The third kappa shape index (κ3) is 3.29. The van der Waals surface area contributed by atoms with Gasteiger partial charge in [-0.2, -0.15) is 13.2 Å². The lowest BCUT2D eigenvalue weighted by Gasteiger charge is -2.11.